The maximum Gasteiger partial charge on any atom is 0.324 e. The molecular weight excluding hydrogens is 578 g/mol. The van der Waals surface area contributed by atoms with E-state index in [1.807, 2.05) is 48.5 Å². The minimum atomic E-state index is -1.21. The van der Waals surface area contributed by atoms with Crippen LogP contribution in [0.5, 0.6) is 0 Å². The summed E-state index contributed by atoms with van der Waals surface area (Å²) in [6, 6.07) is 0. The fraction of sp³-hybridized carbons (Fsp3) is 0.742. The minimum Gasteiger partial charge on any atom is -0.465 e. The lowest BCUT2D eigenvalue weighted by Crippen LogP contribution is -2.39. The molecule has 244 valence electrons. The van der Waals surface area contributed by atoms with E-state index in [0.29, 0.717) is 38.3 Å². The van der Waals surface area contributed by atoms with Crippen molar-refractivity contribution in [2.75, 3.05) is 13.2 Å². The summed E-state index contributed by atoms with van der Waals surface area (Å²) < 4.78 is 25.2. The maximum atomic E-state index is 12.4. The van der Waals surface area contributed by atoms with Gasteiger partial charge in [0.25, 0.3) is 6.47 Å². The van der Waals surface area contributed by atoms with Gasteiger partial charge in [0, 0.05) is 30.3 Å². The largest absolute Gasteiger partial charge is 0.465 e. The number of ether oxygens (including phenoxy) is 5. The fourth-order valence-electron chi connectivity index (χ4n) is 4.38. The molecule has 0 amide bonds. The molecular formula is C31H49NO10S. The number of rotatable bonds is 11. The van der Waals surface area contributed by atoms with E-state index in [2.05, 4.69) is 9.72 Å². The topological polar surface area (TPSA) is 144 Å². The van der Waals surface area contributed by atoms with Crippen LogP contribution in [0.1, 0.15) is 92.9 Å². The van der Waals surface area contributed by atoms with Gasteiger partial charge in [-0.25, -0.2) is 0 Å². The number of cyclic esters (lactones) is 2. The van der Waals surface area contributed by atoms with Crippen LogP contribution in [0, 0.1) is 23.2 Å². The predicted molar refractivity (Wildman–Crippen MR) is 160 cm³/mol. The number of carbonyl (C=O) groups is 5. The zero-order chi connectivity index (χ0) is 32.8. The highest BCUT2D eigenvalue weighted by molar-refractivity contribution is 7.09. The molecule has 6 atom stereocenters. The van der Waals surface area contributed by atoms with Crippen molar-refractivity contribution in [1.82, 2.24) is 4.98 Å². The van der Waals surface area contributed by atoms with Gasteiger partial charge in [-0.05, 0) is 46.5 Å². The molecule has 6 unspecified atom stereocenters. The zero-order valence-corrected chi connectivity index (χ0v) is 27.8. The summed E-state index contributed by atoms with van der Waals surface area (Å²) in [6.45, 7) is 18.1. The first-order valence-electron chi connectivity index (χ1n) is 14.9. The molecule has 0 saturated carbocycles. The lowest BCUT2D eigenvalue weighted by atomic mass is 9.79. The second-order valence-corrected chi connectivity index (χ2v) is 12.7. The number of aromatic nitrogens is 1. The molecule has 3 rings (SSSR count). The van der Waals surface area contributed by atoms with Crippen molar-refractivity contribution in [2.45, 2.75) is 112 Å². The summed E-state index contributed by atoms with van der Waals surface area (Å²) in [6.07, 6.45) is 4.34. The summed E-state index contributed by atoms with van der Waals surface area (Å²) in [5.74, 6) is -2.00. The molecule has 0 N–H and O–H groups in total. The van der Waals surface area contributed by atoms with Crippen molar-refractivity contribution >= 4 is 41.7 Å². The smallest absolute Gasteiger partial charge is 0.324 e. The van der Waals surface area contributed by atoms with E-state index in [4.69, 9.17) is 18.9 Å². The Bertz CT molecular complexity index is 1040. The third-order valence-corrected chi connectivity index (χ3v) is 8.15. The van der Waals surface area contributed by atoms with Crippen LogP contribution in [0.25, 0.3) is 0 Å². The Labute approximate surface area is 259 Å². The molecule has 3 heterocycles. The van der Waals surface area contributed by atoms with E-state index >= 15 is 0 Å². The Balaban J connectivity index is 0.000000366. The highest BCUT2D eigenvalue weighted by Crippen LogP contribution is 2.42. The fourth-order valence-corrected chi connectivity index (χ4v) is 5.09. The average molecular weight is 628 g/mol. The quantitative estimate of drug-likeness (QED) is 0.140. The van der Waals surface area contributed by atoms with E-state index in [1.54, 1.807) is 25.6 Å². The lowest BCUT2D eigenvalue weighted by molar-refractivity contribution is -0.165. The molecule has 0 spiro atoms. The summed E-state index contributed by atoms with van der Waals surface area (Å²) in [5, 5.41) is 0. The van der Waals surface area contributed by atoms with Gasteiger partial charge in [-0.3, -0.25) is 29.0 Å². The molecule has 1 aromatic rings. The molecule has 0 aromatic carbocycles. The number of carbonyl (C=O) groups excluding carboxylic acids is 5. The maximum absolute atomic E-state index is 12.4. The van der Waals surface area contributed by atoms with Gasteiger partial charge in [0.15, 0.2) is 11.3 Å². The Morgan fingerprint density at radius 2 is 1.65 bits per heavy atom. The van der Waals surface area contributed by atoms with Crippen molar-refractivity contribution < 1.29 is 47.7 Å². The van der Waals surface area contributed by atoms with Crippen molar-refractivity contribution in [3.63, 3.8) is 0 Å². The molecule has 0 bridgehead atoms. The van der Waals surface area contributed by atoms with Gasteiger partial charge in [-0.15, -0.1) is 11.3 Å². The number of hydrogen-bond acceptors (Lipinski definition) is 12. The first-order valence-corrected chi connectivity index (χ1v) is 15.8. The van der Waals surface area contributed by atoms with Gasteiger partial charge in [-0.2, -0.15) is 0 Å². The summed E-state index contributed by atoms with van der Waals surface area (Å²) in [7, 11) is 0. The second kappa shape index (κ2) is 17.9. The van der Waals surface area contributed by atoms with Crippen molar-refractivity contribution in [3.05, 3.63) is 16.6 Å². The Morgan fingerprint density at radius 3 is 2.12 bits per heavy atom. The normalized spacial score (nSPS) is 24.2. The first kappa shape index (κ1) is 38.0. The van der Waals surface area contributed by atoms with Gasteiger partial charge >= 0.3 is 23.9 Å². The van der Waals surface area contributed by atoms with E-state index in [9.17, 15) is 24.0 Å². The van der Waals surface area contributed by atoms with Crippen LogP contribution in [0.3, 0.4) is 0 Å². The average Bonchev–Trinajstić information content (AvgIpc) is 3.68. The summed E-state index contributed by atoms with van der Waals surface area (Å²) in [4.78, 5) is 62.1. The molecule has 12 heteroatoms. The molecule has 11 nitrogen and oxygen atoms in total. The molecule has 43 heavy (non-hydrogen) atoms. The first-order chi connectivity index (χ1) is 20.2. The SMILES string of the molecule is CC(C)(C)OC=O.CCOC(=O)C1(Cc2cncs2)CC(C(C)CC)OC1=O.CCOC(=O)C1CC(C(C)CC)OC1=O. The third kappa shape index (κ3) is 11.5. The monoisotopic (exact) mass is 627 g/mol. The third-order valence-electron chi connectivity index (χ3n) is 7.37. The van der Waals surface area contributed by atoms with E-state index < -0.39 is 35.2 Å². The van der Waals surface area contributed by atoms with Crippen LogP contribution < -0.4 is 0 Å². The van der Waals surface area contributed by atoms with E-state index in [1.165, 1.54) is 11.3 Å². The highest BCUT2D eigenvalue weighted by atomic mass is 32.1. The van der Waals surface area contributed by atoms with Crippen LogP contribution in [-0.2, 0) is 54.1 Å². The van der Waals surface area contributed by atoms with E-state index in [-0.39, 0.29) is 30.3 Å². The second-order valence-electron chi connectivity index (χ2n) is 11.7. The van der Waals surface area contributed by atoms with Crippen molar-refractivity contribution in [1.29, 1.82) is 0 Å². The number of esters is 4. The van der Waals surface area contributed by atoms with E-state index in [0.717, 1.165) is 17.7 Å². The van der Waals surface area contributed by atoms with Gasteiger partial charge < -0.3 is 23.7 Å². The van der Waals surface area contributed by atoms with Crippen LogP contribution in [0.4, 0.5) is 0 Å². The Kier molecular flexibility index (Phi) is 15.9. The molecule has 2 saturated heterocycles. The zero-order valence-electron chi connectivity index (χ0n) is 27.0. The Hall–Kier alpha value is -3.02. The van der Waals surface area contributed by atoms with Crippen molar-refractivity contribution in [2.24, 2.45) is 23.2 Å². The molecule has 2 aliphatic heterocycles. The van der Waals surface area contributed by atoms with Crippen molar-refractivity contribution in [3.8, 4) is 0 Å². The molecule has 0 radical (unpaired) electrons. The minimum absolute atomic E-state index is 0.128. The van der Waals surface area contributed by atoms with Gasteiger partial charge in [0.05, 0.1) is 18.7 Å². The van der Waals surface area contributed by atoms with Gasteiger partial charge in [-0.1, -0.05) is 40.5 Å². The highest BCUT2D eigenvalue weighted by Gasteiger charge is 2.57. The number of hydrogen-bond donors (Lipinski definition) is 0. The van der Waals surface area contributed by atoms with Crippen LogP contribution in [-0.4, -0.2) is 66.4 Å². The molecule has 1 aromatic heterocycles. The predicted octanol–water partition coefficient (Wildman–Crippen LogP) is 5.08. The molecule has 2 fully saturated rings. The van der Waals surface area contributed by atoms with Crippen LogP contribution in [0.2, 0.25) is 0 Å². The van der Waals surface area contributed by atoms with Crippen LogP contribution >= 0.6 is 11.3 Å². The lowest BCUT2D eigenvalue weighted by Gasteiger charge is -2.22. The summed E-state index contributed by atoms with van der Waals surface area (Å²) in [5.41, 5.74) is 0.166. The Morgan fingerprint density at radius 1 is 1.05 bits per heavy atom. The summed E-state index contributed by atoms with van der Waals surface area (Å²) >= 11 is 1.43. The molecule has 0 aliphatic carbocycles. The number of thiazole rings is 1. The number of nitrogens with zero attached hydrogens (tertiary/aromatic N) is 1. The molecule has 2 aliphatic rings. The van der Waals surface area contributed by atoms with Crippen LogP contribution in [0.15, 0.2) is 11.7 Å². The van der Waals surface area contributed by atoms with Gasteiger partial charge in [0.1, 0.15) is 17.8 Å². The standard InChI is InChI=1S/C15H21NO4S.C11H18O4.C5H10O2/c1-4-10(3)12-7-15(14(18)20-12,13(17)19-5-2)6-11-8-16-9-21-11;1-4-7(3)9-6-8(11(13)15-9)10(12)14-5-2;1-5(2,3)7-4-6/h8-10,12H,4-7H2,1-3H3;7-9H,4-6H2,1-3H3;4H,1-3H3. The van der Waals surface area contributed by atoms with Gasteiger partial charge in [0.2, 0.25) is 0 Å².